The standard InChI is InChI=1S/C17H22N2O4/c20-15(19-14-9-4-8-13(14)17(22)23)10-5-11-18-16(21)12-6-2-1-3-7-12/h1-3,6-7,13-14H,4-5,8-11H2,(H,18,21)(H,19,20)(H,22,23)/t13-,14+/m1/s1. The number of carbonyl (C=O) groups is 3. The van der Waals surface area contributed by atoms with Gasteiger partial charge >= 0.3 is 5.97 Å². The van der Waals surface area contributed by atoms with Crippen LogP contribution in [0.3, 0.4) is 0 Å². The highest BCUT2D eigenvalue weighted by molar-refractivity contribution is 5.94. The number of carboxylic acid groups (broad SMARTS) is 1. The first kappa shape index (κ1) is 17.0. The second kappa shape index (κ2) is 8.31. The van der Waals surface area contributed by atoms with Crippen molar-refractivity contribution in [1.82, 2.24) is 10.6 Å². The lowest BCUT2D eigenvalue weighted by molar-refractivity contribution is -0.142. The van der Waals surface area contributed by atoms with E-state index in [2.05, 4.69) is 10.6 Å². The van der Waals surface area contributed by atoms with Gasteiger partial charge in [0, 0.05) is 24.6 Å². The highest BCUT2D eigenvalue weighted by atomic mass is 16.4. The van der Waals surface area contributed by atoms with E-state index < -0.39 is 11.9 Å². The predicted octanol–water partition coefficient (Wildman–Crippen LogP) is 1.57. The minimum atomic E-state index is -0.845. The summed E-state index contributed by atoms with van der Waals surface area (Å²) in [7, 11) is 0. The Labute approximate surface area is 135 Å². The molecule has 1 fully saturated rings. The first-order valence-electron chi connectivity index (χ1n) is 7.93. The molecule has 3 N–H and O–H groups in total. The van der Waals surface area contributed by atoms with Gasteiger partial charge < -0.3 is 15.7 Å². The summed E-state index contributed by atoms with van der Waals surface area (Å²) in [6.07, 6.45) is 2.96. The van der Waals surface area contributed by atoms with Crippen LogP contribution >= 0.6 is 0 Å². The van der Waals surface area contributed by atoms with Crippen LogP contribution in [-0.4, -0.2) is 35.5 Å². The van der Waals surface area contributed by atoms with Crippen molar-refractivity contribution in [2.24, 2.45) is 5.92 Å². The highest BCUT2D eigenvalue weighted by Crippen LogP contribution is 2.25. The molecule has 2 rings (SSSR count). The number of amides is 2. The zero-order valence-corrected chi connectivity index (χ0v) is 13.0. The second-order valence-electron chi connectivity index (χ2n) is 5.78. The van der Waals surface area contributed by atoms with Gasteiger partial charge in [0.1, 0.15) is 0 Å². The SMILES string of the molecule is O=C(CCCNC(=O)c1ccccc1)N[C@H]1CCC[C@H]1C(=O)O. The Hall–Kier alpha value is -2.37. The van der Waals surface area contributed by atoms with Gasteiger partial charge in [-0.2, -0.15) is 0 Å². The quantitative estimate of drug-likeness (QED) is 0.665. The zero-order valence-electron chi connectivity index (χ0n) is 13.0. The fraction of sp³-hybridized carbons (Fsp3) is 0.471. The Bertz CT molecular complexity index is 559. The molecule has 0 radical (unpaired) electrons. The van der Waals surface area contributed by atoms with Gasteiger partial charge in [-0.25, -0.2) is 0 Å². The summed E-state index contributed by atoms with van der Waals surface area (Å²) < 4.78 is 0. The first-order valence-corrected chi connectivity index (χ1v) is 7.93. The third-order valence-corrected chi connectivity index (χ3v) is 4.08. The van der Waals surface area contributed by atoms with Gasteiger partial charge in [-0.3, -0.25) is 14.4 Å². The Morgan fingerprint density at radius 3 is 2.57 bits per heavy atom. The van der Waals surface area contributed by atoms with E-state index in [0.717, 1.165) is 6.42 Å². The fourth-order valence-corrected chi connectivity index (χ4v) is 2.85. The number of aliphatic carboxylic acids is 1. The summed E-state index contributed by atoms with van der Waals surface area (Å²) in [6, 6.07) is 8.63. The first-order chi connectivity index (χ1) is 11.1. The van der Waals surface area contributed by atoms with Gasteiger partial charge in [-0.05, 0) is 31.4 Å². The number of hydrogen-bond acceptors (Lipinski definition) is 3. The molecule has 1 saturated carbocycles. The maximum absolute atomic E-state index is 11.9. The molecular formula is C17H22N2O4. The molecule has 6 nitrogen and oxygen atoms in total. The molecule has 0 aromatic heterocycles. The van der Waals surface area contributed by atoms with Crippen LogP contribution in [0.4, 0.5) is 0 Å². The van der Waals surface area contributed by atoms with Crippen molar-refractivity contribution in [1.29, 1.82) is 0 Å². The van der Waals surface area contributed by atoms with E-state index in [1.807, 2.05) is 6.07 Å². The summed E-state index contributed by atoms with van der Waals surface area (Å²) in [4.78, 5) is 34.7. The molecule has 1 aliphatic rings. The van der Waals surface area contributed by atoms with E-state index in [1.54, 1.807) is 24.3 Å². The molecule has 0 heterocycles. The van der Waals surface area contributed by atoms with Crippen molar-refractivity contribution in [3.63, 3.8) is 0 Å². The molecule has 0 spiro atoms. The minimum Gasteiger partial charge on any atom is -0.481 e. The monoisotopic (exact) mass is 318 g/mol. The van der Waals surface area contributed by atoms with E-state index in [0.29, 0.717) is 31.4 Å². The van der Waals surface area contributed by atoms with Crippen LogP contribution in [0.15, 0.2) is 30.3 Å². The Balaban J connectivity index is 1.65. The molecular weight excluding hydrogens is 296 g/mol. The Morgan fingerprint density at radius 1 is 1.13 bits per heavy atom. The molecule has 1 aliphatic carbocycles. The van der Waals surface area contributed by atoms with Crippen LogP contribution in [0.5, 0.6) is 0 Å². The summed E-state index contributed by atoms with van der Waals surface area (Å²) >= 11 is 0. The largest absolute Gasteiger partial charge is 0.481 e. The van der Waals surface area contributed by atoms with Crippen molar-refractivity contribution in [2.45, 2.75) is 38.1 Å². The van der Waals surface area contributed by atoms with Crippen LogP contribution in [0.25, 0.3) is 0 Å². The predicted molar refractivity (Wildman–Crippen MR) is 84.9 cm³/mol. The molecule has 2 atom stereocenters. The smallest absolute Gasteiger partial charge is 0.308 e. The van der Waals surface area contributed by atoms with Crippen molar-refractivity contribution in [2.75, 3.05) is 6.54 Å². The molecule has 0 saturated heterocycles. The molecule has 1 aromatic carbocycles. The maximum atomic E-state index is 11.9. The maximum Gasteiger partial charge on any atom is 0.308 e. The van der Waals surface area contributed by atoms with E-state index in [9.17, 15) is 14.4 Å². The average Bonchev–Trinajstić information content (AvgIpc) is 3.00. The third-order valence-electron chi connectivity index (χ3n) is 4.08. The molecule has 2 amide bonds. The van der Waals surface area contributed by atoms with Crippen LogP contribution in [-0.2, 0) is 9.59 Å². The van der Waals surface area contributed by atoms with Crippen LogP contribution in [0.2, 0.25) is 0 Å². The molecule has 0 unspecified atom stereocenters. The lowest BCUT2D eigenvalue weighted by atomic mass is 10.0. The van der Waals surface area contributed by atoms with Gasteiger partial charge in [0.2, 0.25) is 5.91 Å². The lowest BCUT2D eigenvalue weighted by Gasteiger charge is -2.17. The molecule has 1 aromatic rings. The highest BCUT2D eigenvalue weighted by Gasteiger charge is 2.33. The van der Waals surface area contributed by atoms with Crippen molar-refractivity contribution < 1.29 is 19.5 Å². The Kier molecular flexibility index (Phi) is 6.14. The number of rotatable bonds is 7. The van der Waals surface area contributed by atoms with E-state index in [4.69, 9.17) is 5.11 Å². The summed E-state index contributed by atoms with van der Waals surface area (Å²) in [5.41, 5.74) is 0.590. The minimum absolute atomic E-state index is 0.155. The fourth-order valence-electron chi connectivity index (χ4n) is 2.85. The van der Waals surface area contributed by atoms with E-state index in [1.165, 1.54) is 0 Å². The molecule has 124 valence electrons. The second-order valence-corrected chi connectivity index (χ2v) is 5.78. The zero-order chi connectivity index (χ0) is 16.7. The number of carbonyl (C=O) groups excluding carboxylic acids is 2. The number of benzene rings is 1. The van der Waals surface area contributed by atoms with E-state index in [-0.39, 0.29) is 24.3 Å². The summed E-state index contributed by atoms with van der Waals surface area (Å²) in [5.74, 6) is -1.63. The molecule has 23 heavy (non-hydrogen) atoms. The topological polar surface area (TPSA) is 95.5 Å². The lowest BCUT2D eigenvalue weighted by Crippen LogP contribution is -2.40. The summed E-state index contributed by atoms with van der Waals surface area (Å²) in [5, 5.41) is 14.6. The number of carboxylic acids is 1. The van der Waals surface area contributed by atoms with Crippen molar-refractivity contribution in [3.8, 4) is 0 Å². The third kappa shape index (κ3) is 5.09. The van der Waals surface area contributed by atoms with Crippen molar-refractivity contribution >= 4 is 17.8 Å². The van der Waals surface area contributed by atoms with Gasteiger partial charge in [0.05, 0.1) is 5.92 Å². The number of hydrogen-bond donors (Lipinski definition) is 3. The normalized spacial score (nSPS) is 20.0. The average molecular weight is 318 g/mol. The van der Waals surface area contributed by atoms with Gasteiger partial charge in [0.25, 0.3) is 5.91 Å². The van der Waals surface area contributed by atoms with Crippen LogP contribution in [0.1, 0.15) is 42.5 Å². The number of nitrogens with one attached hydrogen (secondary N) is 2. The van der Waals surface area contributed by atoms with E-state index >= 15 is 0 Å². The van der Waals surface area contributed by atoms with Gasteiger partial charge in [0.15, 0.2) is 0 Å². The molecule has 0 aliphatic heterocycles. The molecule has 0 bridgehead atoms. The van der Waals surface area contributed by atoms with Crippen LogP contribution in [0, 0.1) is 5.92 Å². The van der Waals surface area contributed by atoms with Gasteiger partial charge in [-0.1, -0.05) is 24.6 Å². The van der Waals surface area contributed by atoms with Crippen LogP contribution < -0.4 is 10.6 Å². The summed E-state index contributed by atoms with van der Waals surface area (Å²) in [6.45, 7) is 0.411. The Morgan fingerprint density at radius 2 is 1.87 bits per heavy atom. The molecule has 6 heteroatoms. The van der Waals surface area contributed by atoms with Gasteiger partial charge in [-0.15, -0.1) is 0 Å². The van der Waals surface area contributed by atoms with Crippen molar-refractivity contribution in [3.05, 3.63) is 35.9 Å².